The molecule has 0 unspecified atom stereocenters. The molecule has 0 N–H and O–H groups in total. The standard InChI is InChI=1S/C24H19F/c1-2-3-4-19-5-7-20(8-6-19)9-10-21-11-13-22(14-12-21)23-15-17-24(25)18-16-23/h2,5-8,11-18H,1,3-4H2. The van der Waals surface area contributed by atoms with Gasteiger partial charge >= 0.3 is 0 Å². The molecule has 3 rings (SSSR count). The molecule has 0 nitrogen and oxygen atoms in total. The van der Waals surface area contributed by atoms with Gasteiger partial charge in [0, 0.05) is 11.1 Å². The largest absolute Gasteiger partial charge is 0.207 e. The Balaban J connectivity index is 1.70. The van der Waals surface area contributed by atoms with Gasteiger partial charge in [-0.15, -0.1) is 6.58 Å². The highest BCUT2D eigenvalue weighted by Crippen LogP contribution is 2.20. The second-order valence-electron chi connectivity index (χ2n) is 5.86. The number of hydrogen-bond donors (Lipinski definition) is 0. The van der Waals surface area contributed by atoms with Crippen LogP contribution in [0.15, 0.2) is 85.5 Å². The van der Waals surface area contributed by atoms with E-state index in [4.69, 9.17) is 0 Å². The predicted molar refractivity (Wildman–Crippen MR) is 103 cm³/mol. The van der Waals surface area contributed by atoms with Gasteiger partial charge in [0.15, 0.2) is 0 Å². The first-order valence-electron chi connectivity index (χ1n) is 8.32. The molecular formula is C24H19F. The number of benzene rings is 3. The molecule has 0 aliphatic heterocycles. The van der Waals surface area contributed by atoms with E-state index in [0.717, 1.165) is 35.1 Å². The van der Waals surface area contributed by atoms with Crippen molar-refractivity contribution in [3.63, 3.8) is 0 Å². The van der Waals surface area contributed by atoms with Crippen LogP contribution in [-0.2, 0) is 6.42 Å². The Morgan fingerprint density at radius 1 is 0.720 bits per heavy atom. The Morgan fingerprint density at radius 2 is 1.20 bits per heavy atom. The van der Waals surface area contributed by atoms with Crippen LogP contribution in [0, 0.1) is 17.7 Å². The van der Waals surface area contributed by atoms with E-state index in [9.17, 15) is 4.39 Å². The SMILES string of the molecule is C=CCCc1ccc(C#Cc2ccc(-c3ccc(F)cc3)cc2)cc1. The van der Waals surface area contributed by atoms with E-state index < -0.39 is 0 Å². The van der Waals surface area contributed by atoms with Gasteiger partial charge in [0.1, 0.15) is 5.82 Å². The zero-order valence-corrected chi connectivity index (χ0v) is 14.0. The van der Waals surface area contributed by atoms with Crippen LogP contribution in [0.1, 0.15) is 23.1 Å². The van der Waals surface area contributed by atoms with Gasteiger partial charge in [-0.1, -0.05) is 54.3 Å². The fourth-order valence-corrected chi connectivity index (χ4v) is 2.56. The molecule has 0 bridgehead atoms. The van der Waals surface area contributed by atoms with Gasteiger partial charge in [0.2, 0.25) is 0 Å². The summed E-state index contributed by atoms with van der Waals surface area (Å²) in [5.41, 5.74) is 5.31. The van der Waals surface area contributed by atoms with Crippen LogP contribution in [0.4, 0.5) is 4.39 Å². The summed E-state index contributed by atoms with van der Waals surface area (Å²) in [7, 11) is 0. The third kappa shape index (κ3) is 4.68. The molecule has 122 valence electrons. The van der Waals surface area contributed by atoms with Crippen molar-refractivity contribution < 1.29 is 4.39 Å². The Morgan fingerprint density at radius 3 is 1.72 bits per heavy atom. The monoisotopic (exact) mass is 326 g/mol. The Labute approximate surface area is 148 Å². The van der Waals surface area contributed by atoms with E-state index in [2.05, 4.69) is 42.7 Å². The second kappa shape index (κ2) is 8.13. The molecule has 0 aliphatic rings. The molecule has 25 heavy (non-hydrogen) atoms. The molecule has 0 heterocycles. The molecule has 0 saturated carbocycles. The molecule has 0 saturated heterocycles. The maximum atomic E-state index is 13.0. The summed E-state index contributed by atoms with van der Waals surface area (Å²) in [5, 5.41) is 0. The first-order chi connectivity index (χ1) is 12.2. The highest BCUT2D eigenvalue weighted by atomic mass is 19.1. The van der Waals surface area contributed by atoms with E-state index in [0.29, 0.717) is 0 Å². The second-order valence-corrected chi connectivity index (χ2v) is 5.86. The van der Waals surface area contributed by atoms with Gasteiger partial charge in [-0.3, -0.25) is 0 Å². The van der Waals surface area contributed by atoms with Crippen molar-refractivity contribution in [2.75, 3.05) is 0 Å². The molecule has 0 atom stereocenters. The minimum absolute atomic E-state index is 0.221. The van der Waals surface area contributed by atoms with E-state index in [1.54, 1.807) is 12.1 Å². The van der Waals surface area contributed by atoms with E-state index in [1.165, 1.54) is 17.7 Å². The molecule has 3 aromatic rings. The summed E-state index contributed by atoms with van der Waals surface area (Å²) in [6.45, 7) is 3.75. The van der Waals surface area contributed by atoms with Crippen LogP contribution >= 0.6 is 0 Å². The fraction of sp³-hybridized carbons (Fsp3) is 0.0833. The lowest BCUT2D eigenvalue weighted by atomic mass is 10.0. The summed E-state index contributed by atoms with van der Waals surface area (Å²) in [5.74, 6) is 6.16. The smallest absolute Gasteiger partial charge is 0.123 e. The topological polar surface area (TPSA) is 0 Å². The molecular weight excluding hydrogens is 307 g/mol. The maximum Gasteiger partial charge on any atom is 0.123 e. The number of rotatable bonds is 4. The van der Waals surface area contributed by atoms with Crippen LogP contribution in [0.25, 0.3) is 11.1 Å². The van der Waals surface area contributed by atoms with E-state index in [1.807, 2.05) is 30.3 Å². The van der Waals surface area contributed by atoms with Gasteiger partial charge < -0.3 is 0 Å². The van der Waals surface area contributed by atoms with Crippen LogP contribution < -0.4 is 0 Å². The number of aryl methyl sites for hydroxylation is 1. The molecule has 0 aliphatic carbocycles. The molecule has 0 amide bonds. The van der Waals surface area contributed by atoms with Crippen LogP contribution in [0.3, 0.4) is 0 Å². The lowest BCUT2D eigenvalue weighted by Crippen LogP contribution is -1.84. The summed E-state index contributed by atoms with van der Waals surface area (Å²) in [6.07, 6.45) is 3.94. The lowest BCUT2D eigenvalue weighted by molar-refractivity contribution is 0.628. The average molecular weight is 326 g/mol. The van der Waals surface area contributed by atoms with Crippen molar-refractivity contribution in [1.29, 1.82) is 0 Å². The van der Waals surface area contributed by atoms with Gasteiger partial charge in [0.05, 0.1) is 0 Å². The summed E-state index contributed by atoms with van der Waals surface area (Å²) < 4.78 is 13.0. The molecule has 3 aromatic carbocycles. The van der Waals surface area contributed by atoms with Gasteiger partial charge in [0.25, 0.3) is 0 Å². The summed E-state index contributed by atoms with van der Waals surface area (Å²) >= 11 is 0. The van der Waals surface area contributed by atoms with Crippen molar-refractivity contribution in [2.45, 2.75) is 12.8 Å². The number of halogens is 1. The van der Waals surface area contributed by atoms with Gasteiger partial charge in [-0.05, 0) is 65.9 Å². The zero-order chi connectivity index (χ0) is 17.5. The summed E-state index contributed by atoms with van der Waals surface area (Å²) in [4.78, 5) is 0. The zero-order valence-electron chi connectivity index (χ0n) is 14.0. The van der Waals surface area contributed by atoms with Gasteiger partial charge in [-0.2, -0.15) is 0 Å². The fourth-order valence-electron chi connectivity index (χ4n) is 2.56. The summed E-state index contributed by atoms with van der Waals surface area (Å²) in [6, 6.07) is 22.9. The average Bonchev–Trinajstić information content (AvgIpc) is 2.67. The highest BCUT2D eigenvalue weighted by molar-refractivity contribution is 5.64. The normalized spacial score (nSPS) is 9.96. The number of allylic oxidation sites excluding steroid dienone is 1. The minimum Gasteiger partial charge on any atom is -0.207 e. The molecule has 0 spiro atoms. The first-order valence-corrected chi connectivity index (χ1v) is 8.32. The van der Waals surface area contributed by atoms with E-state index in [-0.39, 0.29) is 5.82 Å². The Bertz CT molecular complexity index is 890. The molecule has 0 radical (unpaired) electrons. The first kappa shape index (κ1) is 16.7. The van der Waals surface area contributed by atoms with E-state index >= 15 is 0 Å². The van der Waals surface area contributed by atoms with Gasteiger partial charge in [-0.25, -0.2) is 4.39 Å². The van der Waals surface area contributed by atoms with Crippen LogP contribution in [0.5, 0.6) is 0 Å². The highest BCUT2D eigenvalue weighted by Gasteiger charge is 1.98. The molecule has 1 heteroatoms. The maximum absolute atomic E-state index is 13.0. The Kier molecular flexibility index (Phi) is 5.44. The van der Waals surface area contributed by atoms with Crippen LogP contribution in [0.2, 0.25) is 0 Å². The lowest BCUT2D eigenvalue weighted by Gasteiger charge is -2.01. The number of hydrogen-bond acceptors (Lipinski definition) is 0. The van der Waals surface area contributed by atoms with Crippen molar-refractivity contribution in [2.24, 2.45) is 0 Å². The van der Waals surface area contributed by atoms with Crippen LogP contribution in [-0.4, -0.2) is 0 Å². The Hall–Kier alpha value is -3.11. The quantitative estimate of drug-likeness (QED) is 0.407. The van der Waals surface area contributed by atoms with Crippen molar-refractivity contribution >= 4 is 0 Å². The predicted octanol–water partition coefficient (Wildman–Crippen LogP) is 6.01. The molecule has 0 fully saturated rings. The van der Waals surface area contributed by atoms with Crippen molar-refractivity contribution in [1.82, 2.24) is 0 Å². The molecule has 0 aromatic heterocycles. The minimum atomic E-state index is -0.221. The van der Waals surface area contributed by atoms with Crippen molar-refractivity contribution in [3.05, 3.63) is 108 Å². The third-order valence-electron chi connectivity index (χ3n) is 4.00. The third-order valence-corrected chi connectivity index (χ3v) is 4.00. The van der Waals surface area contributed by atoms with Crippen molar-refractivity contribution in [3.8, 4) is 23.0 Å².